The standard InChI is InChI=1S/C35H35ClF6N8O3/c1-32(2,28(37)38)12-26(51)53-15-25(20-7-10-24(36)23(11-20)27-44-18-48(4)47-27)50-29(52)34(46-31(50)43,16-33(3)17-35(33,41)42)22-8-5-19(6-9-22)21-13-45-49(14-21)30(39)40/h5-11,13-14,18,25,28,30H,12,15-17H2,1-4H3,(H2,43,46)/t25-,33-,34-/m1/s1/i4D3. The molecule has 282 valence electrons. The Labute approximate surface area is 309 Å². The van der Waals surface area contributed by atoms with E-state index in [1.807, 2.05) is 0 Å². The molecule has 0 spiro atoms. The van der Waals surface area contributed by atoms with Crippen molar-refractivity contribution < 1.29 is 44.8 Å². The quantitative estimate of drug-likeness (QED) is 0.113. The summed E-state index contributed by atoms with van der Waals surface area (Å²) in [6, 6.07) is 8.66. The maximum Gasteiger partial charge on any atom is 0.333 e. The minimum Gasteiger partial charge on any atom is -0.463 e. The molecular weight excluding hydrogens is 730 g/mol. The number of nitrogens with two attached hydrogens (primary N) is 1. The number of ether oxygens (including phenoxy) is 1. The van der Waals surface area contributed by atoms with Crippen LogP contribution in [0.5, 0.6) is 0 Å². The zero-order valence-corrected chi connectivity index (χ0v) is 29.2. The first-order chi connectivity index (χ1) is 26.0. The number of halogens is 7. The van der Waals surface area contributed by atoms with Crippen molar-refractivity contribution in [2.75, 3.05) is 6.61 Å². The molecule has 2 aromatic heterocycles. The second-order valence-corrected chi connectivity index (χ2v) is 14.5. The van der Waals surface area contributed by atoms with Crippen LogP contribution < -0.4 is 5.73 Å². The SMILES string of the molecule is [2H]C([2H])([2H])n1cnc(-c2cc([C@@H](COC(=O)CC(C)(C)C(F)F)N3C(=O)[C@@](C[C@]4(C)CC4(F)F)(c4ccc(-c5cnn(C(F)F)c5)cc4)N=C3N)ccc2Cl)n1. The Morgan fingerprint density at radius 2 is 1.83 bits per heavy atom. The number of rotatable bonds is 13. The van der Waals surface area contributed by atoms with Crippen molar-refractivity contribution in [1.82, 2.24) is 29.4 Å². The van der Waals surface area contributed by atoms with Gasteiger partial charge in [0.15, 0.2) is 17.3 Å². The summed E-state index contributed by atoms with van der Waals surface area (Å²) >= 11 is 6.48. The molecule has 1 amide bonds. The van der Waals surface area contributed by atoms with Crippen LogP contribution in [0.4, 0.5) is 26.3 Å². The molecule has 6 rings (SSSR count). The Kier molecular flexibility index (Phi) is 8.62. The summed E-state index contributed by atoms with van der Waals surface area (Å²) in [6.07, 6.45) is -1.41. The molecule has 1 aliphatic heterocycles. The topological polar surface area (TPSA) is 134 Å². The number of alkyl halides is 6. The number of esters is 1. The first-order valence-electron chi connectivity index (χ1n) is 17.6. The lowest BCUT2D eigenvalue weighted by Gasteiger charge is -2.33. The van der Waals surface area contributed by atoms with Gasteiger partial charge in [0.05, 0.1) is 23.7 Å². The molecule has 2 aromatic carbocycles. The van der Waals surface area contributed by atoms with Crippen molar-refractivity contribution in [3.63, 3.8) is 0 Å². The van der Waals surface area contributed by atoms with Gasteiger partial charge in [0, 0.05) is 45.7 Å². The Hall–Kier alpha value is -4.93. The molecule has 0 saturated heterocycles. The van der Waals surface area contributed by atoms with Crippen LogP contribution in [-0.2, 0) is 26.8 Å². The highest BCUT2D eigenvalue weighted by molar-refractivity contribution is 6.33. The van der Waals surface area contributed by atoms with Gasteiger partial charge in [0.2, 0.25) is 6.43 Å². The highest BCUT2D eigenvalue weighted by Crippen LogP contribution is 2.66. The summed E-state index contributed by atoms with van der Waals surface area (Å²) in [4.78, 5) is 37.4. The van der Waals surface area contributed by atoms with Crippen molar-refractivity contribution in [1.29, 1.82) is 0 Å². The van der Waals surface area contributed by atoms with Gasteiger partial charge in [0.25, 0.3) is 11.8 Å². The zero-order chi connectivity index (χ0) is 41.2. The molecule has 2 N–H and O–H groups in total. The molecule has 1 saturated carbocycles. The van der Waals surface area contributed by atoms with Gasteiger partial charge in [-0.2, -0.15) is 19.0 Å². The van der Waals surface area contributed by atoms with Crippen molar-refractivity contribution in [3.05, 3.63) is 77.3 Å². The number of hydrogen-bond donors (Lipinski definition) is 1. The van der Waals surface area contributed by atoms with E-state index in [9.17, 15) is 35.9 Å². The maximum atomic E-state index is 14.9. The molecule has 0 unspecified atom stereocenters. The lowest BCUT2D eigenvalue weighted by Crippen LogP contribution is -2.47. The van der Waals surface area contributed by atoms with E-state index in [1.165, 1.54) is 69.4 Å². The second kappa shape index (κ2) is 13.5. The van der Waals surface area contributed by atoms with Gasteiger partial charge in [-0.25, -0.2) is 32.2 Å². The smallest absolute Gasteiger partial charge is 0.333 e. The minimum atomic E-state index is -3.16. The Bertz CT molecular complexity index is 2180. The van der Waals surface area contributed by atoms with Gasteiger partial charge in [-0.3, -0.25) is 19.2 Å². The predicted molar refractivity (Wildman–Crippen MR) is 181 cm³/mol. The van der Waals surface area contributed by atoms with Crippen LogP contribution in [0, 0.1) is 10.8 Å². The van der Waals surface area contributed by atoms with Crippen LogP contribution in [0.15, 0.2) is 66.2 Å². The number of hydrogen-bond acceptors (Lipinski definition) is 8. The number of carbonyl (C=O) groups excluding carboxylic acids is 2. The number of nitrogens with zero attached hydrogens (tertiary/aromatic N) is 7. The molecule has 11 nitrogen and oxygen atoms in total. The lowest BCUT2D eigenvalue weighted by atomic mass is 9.79. The monoisotopic (exact) mass is 767 g/mol. The van der Waals surface area contributed by atoms with Gasteiger partial charge in [-0.1, -0.05) is 62.7 Å². The summed E-state index contributed by atoms with van der Waals surface area (Å²) < 4.78 is 113. The molecule has 53 heavy (non-hydrogen) atoms. The van der Waals surface area contributed by atoms with Gasteiger partial charge in [0.1, 0.15) is 12.9 Å². The summed E-state index contributed by atoms with van der Waals surface area (Å²) in [5.74, 6) is -5.69. The van der Waals surface area contributed by atoms with Crippen molar-refractivity contribution >= 4 is 29.4 Å². The van der Waals surface area contributed by atoms with E-state index in [1.54, 1.807) is 0 Å². The first kappa shape index (κ1) is 33.9. The number of aromatic nitrogens is 5. The Balaban J connectivity index is 1.42. The summed E-state index contributed by atoms with van der Waals surface area (Å²) in [6.45, 7) is -2.63. The van der Waals surface area contributed by atoms with Crippen LogP contribution in [0.2, 0.25) is 5.02 Å². The van der Waals surface area contributed by atoms with E-state index in [0.29, 0.717) is 20.5 Å². The Morgan fingerprint density at radius 1 is 1.13 bits per heavy atom. The van der Waals surface area contributed by atoms with Crippen LogP contribution in [0.3, 0.4) is 0 Å². The third kappa shape index (κ3) is 7.10. The van der Waals surface area contributed by atoms with Crippen LogP contribution in [0.1, 0.15) is 67.9 Å². The van der Waals surface area contributed by atoms with Crippen molar-refractivity contribution in [3.8, 4) is 22.5 Å². The molecule has 4 aromatic rings. The molecule has 3 heterocycles. The van der Waals surface area contributed by atoms with Gasteiger partial charge in [-0.15, -0.1) is 0 Å². The lowest BCUT2D eigenvalue weighted by molar-refractivity contribution is -0.152. The molecule has 0 bridgehead atoms. The zero-order valence-electron chi connectivity index (χ0n) is 31.4. The van der Waals surface area contributed by atoms with Crippen LogP contribution in [-0.4, -0.2) is 66.2 Å². The van der Waals surface area contributed by atoms with Crippen molar-refractivity contribution in [2.24, 2.45) is 28.5 Å². The van der Waals surface area contributed by atoms with E-state index < -0.39 is 92.0 Å². The second-order valence-electron chi connectivity index (χ2n) is 14.1. The molecule has 18 heteroatoms. The maximum absolute atomic E-state index is 14.9. The fraction of sp³-hybridized carbons (Fsp3) is 0.429. The van der Waals surface area contributed by atoms with Gasteiger partial charge >= 0.3 is 12.5 Å². The van der Waals surface area contributed by atoms with Crippen LogP contribution >= 0.6 is 11.6 Å². The number of benzene rings is 2. The molecular formula is C35H35ClF6N8O3. The predicted octanol–water partition coefficient (Wildman–Crippen LogP) is 7.15. The Morgan fingerprint density at radius 3 is 2.42 bits per heavy atom. The van der Waals surface area contributed by atoms with E-state index in [0.717, 1.165) is 17.4 Å². The van der Waals surface area contributed by atoms with E-state index in [-0.39, 0.29) is 27.5 Å². The van der Waals surface area contributed by atoms with Crippen molar-refractivity contribution in [2.45, 2.75) is 70.5 Å². The fourth-order valence-electron chi connectivity index (χ4n) is 6.34. The van der Waals surface area contributed by atoms with E-state index in [4.69, 9.17) is 26.2 Å². The van der Waals surface area contributed by atoms with E-state index in [2.05, 4.69) is 20.2 Å². The first-order valence-corrected chi connectivity index (χ1v) is 16.5. The summed E-state index contributed by atoms with van der Waals surface area (Å²) in [7, 11) is 0. The van der Waals surface area contributed by atoms with Gasteiger partial charge in [-0.05, 0) is 35.2 Å². The normalized spacial score (nSPS) is 22.8. The number of guanidine groups is 1. The largest absolute Gasteiger partial charge is 0.463 e. The average Bonchev–Trinajstić information content (AvgIpc) is 3.65. The highest BCUT2D eigenvalue weighted by atomic mass is 35.5. The molecule has 1 fully saturated rings. The average molecular weight is 768 g/mol. The fourth-order valence-corrected chi connectivity index (χ4v) is 6.54. The molecule has 1 aliphatic carbocycles. The number of aryl methyl sites for hydroxylation is 1. The molecule has 2 aliphatic rings. The van der Waals surface area contributed by atoms with Gasteiger partial charge < -0.3 is 10.5 Å². The number of amides is 1. The number of carbonyl (C=O) groups is 2. The summed E-state index contributed by atoms with van der Waals surface area (Å²) in [5, 5.41) is 7.68. The third-order valence-corrected chi connectivity index (χ3v) is 9.98. The molecule has 0 radical (unpaired) electrons. The minimum absolute atomic E-state index is 0.0540. The third-order valence-electron chi connectivity index (χ3n) is 9.65. The molecule has 3 atom stereocenters. The number of aliphatic imine (C=N–C) groups is 1. The van der Waals surface area contributed by atoms with Crippen LogP contribution in [0.25, 0.3) is 22.5 Å². The summed E-state index contributed by atoms with van der Waals surface area (Å²) in [5.41, 5.74) is 2.04. The highest BCUT2D eigenvalue weighted by Gasteiger charge is 2.71. The van der Waals surface area contributed by atoms with E-state index >= 15 is 0 Å².